The molecule has 150 valence electrons. The fourth-order valence-electron chi connectivity index (χ4n) is 0.986. The quantitative estimate of drug-likeness (QED) is 0.399. The third kappa shape index (κ3) is 45.1. The van der Waals surface area contributed by atoms with Gasteiger partial charge in [0.15, 0.2) is 0 Å². The van der Waals surface area contributed by atoms with Crippen LogP contribution in [0.5, 0.6) is 0 Å². The van der Waals surface area contributed by atoms with Crippen LogP contribution < -0.4 is 0 Å². The Morgan fingerprint density at radius 1 is 1.22 bits per heavy atom. The van der Waals surface area contributed by atoms with Gasteiger partial charge in [-0.2, -0.15) is 5.26 Å². The average molecular weight is 419 g/mol. The van der Waals surface area contributed by atoms with Gasteiger partial charge >= 0.3 is 11.9 Å². The number of halogens is 2. The fraction of sp³-hybridized carbons (Fsp3) is 0.222. The van der Waals surface area contributed by atoms with Crippen molar-refractivity contribution in [2.24, 2.45) is 0 Å². The number of likely N-dealkylation sites (tertiary alicyclic amines) is 1. The molecule has 9 heteroatoms. The van der Waals surface area contributed by atoms with E-state index in [4.69, 9.17) is 38.7 Å². The largest absolute Gasteiger partial charge is 0.481 e. The topological polar surface area (TPSA) is 119 Å². The van der Waals surface area contributed by atoms with E-state index in [1.165, 1.54) is 12.2 Å². The Labute approximate surface area is 169 Å². The van der Waals surface area contributed by atoms with Crippen molar-refractivity contribution >= 4 is 41.0 Å². The van der Waals surface area contributed by atoms with Crippen molar-refractivity contribution in [1.29, 1.82) is 5.26 Å². The van der Waals surface area contributed by atoms with Crippen LogP contribution in [0.2, 0.25) is 0 Å². The van der Waals surface area contributed by atoms with E-state index in [2.05, 4.69) is 32.9 Å². The fourth-order valence-corrected chi connectivity index (χ4v) is 0.986. The number of amides is 1. The second kappa shape index (κ2) is 25.4. The highest BCUT2D eigenvalue weighted by Crippen LogP contribution is 2.08. The minimum atomic E-state index is -0.981. The highest BCUT2D eigenvalue weighted by molar-refractivity contribution is 6.55. The summed E-state index contributed by atoms with van der Waals surface area (Å²) in [5, 5.41) is 23.0. The Kier molecular flexibility index (Phi) is 30.0. The van der Waals surface area contributed by atoms with Gasteiger partial charge in [0.25, 0.3) is 0 Å². The number of allylic oxidation sites excluding steroid dienone is 1. The molecule has 0 atom stereocenters. The molecule has 2 N–H and O–H groups in total. The number of hydrogen-bond acceptors (Lipinski definition) is 4. The minimum Gasteiger partial charge on any atom is -0.481 e. The molecule has 0 bridgehead atoms. The van der Waals surface area contributed by atoms with Crippen LogP contribution in [-0.4, -0.2) is 39.5 Å². The molecule has 0 spiro atoms. The standard InChI is InChI=1S/C6H9NO.C4H6O2.C3H3N.C3H4O2.C2H2Cl2/c1-2-7-5-3-4-6(7)8;1-2-3-4(5)6;1-2-3-4;1-2-3(4)5;1-2(3)4/h2H,1,3-5H2;2H,1,3H2,(H,5,6);2H,1H2;2H,1H2,(H,4,5);1H2. The molecule has 0 aromatic rings. The second-order valence-corrected chi connectivity index (χ2v) is 5.08. The molecule has 1 aliphatic heterocycles. The van der Waals surface area contributed by atoms with Crippen molar-refractivity contribution in [2.75, 3.05) is 6.54 Å². The first-order valence-electron chi connectivity index (χ1n) is 7.14. The van der Waals surface area contributed by atoms with Crippen molar-refractivity contribution in [3.8, 4) is 6.07 Å². The maximum Gasteiger partial charge on any atom is 0.327 e. The van der Waals surface area contributed by atoms with E-state index >= 15 is 0 Å². The molecule has 0 saturated carbocycles. The van der Waals surface area contributed by atoms with Gasteiger partial charge in [0.05, 0.1) is 17.0 Å². The van der Waals surface area contributed by atoms with E-state index in [1.807, 2.05) is 0 Å². The lowest BCUT2D eigenvalue weighted by atomic mass is 10.4. The SMILES string of the molecule is C=C(Cl)Cl.C=CC#N.C=CC(=O)O.C=CCC(=O)O.C=CN1CCCC1=O. The van der Waals surface area contributed by atoms with Crippen LogP contribution in [0.4, 0.5) is 0 Å². The molecule has 0 unspecified atom stereocenters. The van der Waals surface area contributed by atoms with E-state index in [1.54, 1.807) is 17.2 Å². The molecule has 1 heterocycles. The maximum absolute atomic E-state index is 10.7. The van der Waals surface area contributed by atoms with Gasteiger partial charge in [0.1, 0.15) is 0 Å². The second-order valence-electron chi connectivity index (χ2n) is 3.97. The Balaban J connectivity index is -0.000000127. The van der Waals surface area contributed by atoms with Crippen LogP contribution in [0.1, 0.15) is 19.3 Å². The van der Waals surface area contributed by atoms with Crippen LogP contribution in [0.15, 0.2) is 61.8 Å². The monoisotopic (exact) mass is 418 g/mol. The summed E-state index contributed by atoms with van der Waals surface area (Å²) in [6, 6.07) is 1.69. The Morgan fingerprint density at radius 3 is 1.70 bits per heavy atom. The smallest absolute Gasteiger partial charge is 0.327 e. The summed E-state index contributed by atoms with van der Waals surface area (Å²) in [7, 11) is 0. The average Bonchev–Trinajstić information content (AvgIpc) is 3.00. The molecule has 1 amide bonds. The lowest BCUT2D eigenvalue weighted by Crippen LogP contribution is -2.16. The predicted molar refractivity (Wildman–Crippen MR) is 108 cm³/mol. The van der Waals surface area contributed by atoms with Crippen LogP contribution in [0.25, 0.3) is 0 Å². The highest BCUT2D eigenvalue weighted by atomic mass is 35.5. The molecular formula is C18H24Cl2N2O5. The van der Waals surface area contributed by atoms with Gasteiger partial charge in [-0.1, -0.05) is 55.6 Å². The number of nitriles is 1. The van der Waals surface area contributed by atoms with Gasteiger partial charge in [0, 0.05) is 25.1 Å². The predicted octanol–water partition coefficient (Wildman–Crippen LogP) is 4.29. The molecule has 0 radical (unpaired) electrons. The molecule has 0 aromatic heterocycles. The normalized spacial score (nSPS) is 10.1. The van der Waals surface area contributed by atoms with Crippen LogP contribution in [0, 0.1) is 11.3 Å². The molecule has 1 fully saturated rings. The van der Waals surface area contributed by atoms with Crippen LogP contribution >= 0.6 is 23.2 Å². The Morgan fingerprint density at radius 2 is 1.63 bits per heavy atom. The summed E-state index contributed by atoms with van der Waals surface area (Å²) >= 11 is 9.69. The van der Waals surface area contributed by atoms with Crippen LogP contribution in [-0.2, 0) is 14.4 Å². The lowest BCUT2D eigenvalue weighted by Gasteiger charge is -2.05. The van der Waals surface area contributed by atoms with E-state index < -0.39 is 11.9 Å². The van der Waals surface area contributed by atoms with Gasteiger partial charge in [-0.15, -0.1) is 6.58 Å². The van der Waals surface area contributed by atoms with Gasteiger partial charge in [-0.25, -0.2) is 4.79 Å². The van der Waals surface area contributed by atoms with E-state index in [-0.39, 0.29) is 16.8 Å². The van der Waals surface area contributed by atoms with Gasteiger partial charge in [0.2, 0.25) is 5.91 Å². The summed E-state index contributed by atoms with van der Waals surface area (Å²) in [5.74, 6) is -1.60. The summed E-state index contributed by atoms with van der Waals surface area (Å²) in [6.45, 7) is 16.7. The number of carbonyl (C=O) groups excluding carboxylic acids is 1. The van der Waals surface area contributed by atoms with Gasteiger partial charge in [-0.05, 0) is 12.6 Å². The zero-order chi connectivity index (χ0) is 22.3. The molecule has 0 aliphatic carbocycles. The zero-order valence-electron chi connectivity index (χ0n) is 14.9. The number of carboxylic acids is 2. The summed E-state index contributed by atoms with van der Waals surface area (Å²) < 4.78 is 0.111. The number of rotatable bonds is 4. The van der Waals surface area contributed by atoms with Crippen LogP contribution in [0.3, 0.4) is 0 Å². The third-order valence-corrected chi connectivity index (χ3v) is 1.92. The molecular weight excluding hydrogens is 395 g/mol. The van der Waals surface area contributed by atoms with Crippen molar-refractivity contribution < 1.29 is 24.6 Å². The number of carboxylic acid groups (broad SMARTS) is 2. The number of nitrogens with zero attached hydrogens (tertiary/aromatic N) is 2. The Bertz CT molecular complexity index is 550. The first-order valence-corrected chi connectivity index (χ1v) is 7.89. The van der Waals surface area contributed by atoms with Crippen molar-refractivity contribution in [1.82, 2.24) is 4.90 Å². The van der Waals surface area contributed by atoms with E-state index in [9.17, 15) is 14.4 Å². The van der Waals surface area contributed by atoms with Crippen molar-refractivity contribution in [2.45, 2.75) is 19.3 Å². The van der Waals surface area contributed by atoms with E-state index in [0.29, 0.717) is 6.42 Å². The van der Waals surface area contributed by atoms with Gasteiger partial charge in [-0.3, -0.25) is 9.59 Å². The zero-order valence-corrected chi connectivity index (χ0v) is 16.5. The van der Waals surface area contributed by atoms with E-state index in [0.717, 1.165) is 19.0 Å². The molecule has 27 heavy (non-hydrogen) atoms. The highest BCUT2D eigenvalue weighted by Gasteiger charge is 2.15. The van der Waals surface area contributed by atoms with Gasteiger partial charge < -0.3 is 15.1 Å². The number of carbonyl (C=O) groups is 3. The summed E-state index contributed by atoms with van der Waals surface area (Å²) in [5.41, 5.74) is 0. The molecule has 1 aliphatic rings. The molecule has 1 saturated heterocycles. The lowest BCUT2D eigenvalue weighted by molar-refractivity contribution is -0.136. The number of aliphatic carboxylic acids is 2. The first kappa shape index (κ1) is 31.9. The minimum absolute atomic E-state index is 0.0556. The Hall–Kier alpha value is -2.82. The molecule has 0 aromatic carbocycles. The number of hydrogen-bond donors (Lipinski definition) is 2. The third-order valence-electron chi connectivity index (χ3n) is 1.92. The van der Waals surface area contributed by atoms with Crippen molar-refractivity contribution in [3.63, 3.8) is 0 Å². The maximum atomic E-state index is 10.7. The summed E-state index contributed by atoms with van der Waals surface area (Å²) in [6.07, 6.45) is 6.70. The summed E-state index contributed by atoms with van der Waals surface area (Å²) in [4.78, 5) is 31.1. The van der Waals surface area contributed by atoms with Crippen molar-refractivity contribution in [3.05, 3.63) is 61.8 Å². The first-order chi connectivity index (χ1) is 12.5. The molecule has 1 rings (SSSR count). The molecule has 7 nitrogen and oxygen atoms in total.